The summed E-state index contributed by atoms with van der Waals surface area (Å²) < 4.78 is 65.4. The molecule has 0 aliphatic carbocycles. The predicted octanol–water partition coefficient (Wildman–Crippen LogP) is 4.60. The molecule has 2 radical (unpaired) electrons. The zero-order valence-corrected chi connectivity index (χ0v) is 26.9. The summed E-state index contributed by atoms with van der Waals surface area (Å²) in [5.41, 5.74) is 5.66. The summed E-state index contributed by atoms with van der Waals surface area (Å²) in [6.45, 7) is 0. The monoisotopic (exact) mass is 618 g/mol. The van der Waals surface area contributed by atoms with Crippen LogP contribution in [0.1, 0.15) is 0 Å². The van der Waals surface area contributed by atoms with Crippen molar-refractivity contribution in [2.75, 3.05) is 5.73 Å². The third-order valence-corrected chi connectivity index (χ3v) is 7.02. The summed E-state index contributed by atoms with van der Waals surface area (Å²) >= 11 is 0. The molecule has 0 bridgehead atoms. The number of nitro groups is 1. The standard InChI is InChI=1S/C22H16N6O9S2.2Na/c23-21-18(27-25-13-3-7-15(8-4-13)38(32,33)34)11-19(39(35,36)37)16-9-10-17(22(29)20(16)21)26-24-12-1-5-14(6-2-12)28(30)31;;/h1-11,29H,23H2,(H,32,33,34)(H,35,36,37);;. The van der Waals surface area contributed by atoms with Gasteiger partial charge in [0.25, 0.3) is 25.9 Å². The zero-order valence-electron chi connectivity index (χ0n) is 21.3. The van der Waals surface area contributed by atoms with Crippen molar-refractivity contribution < 1.29 is 36.0 Å². The van der Waals surface area contributed by atoms with Crippen molar-refractivity contribution >= 4 is 124 Å². The summed E-state index contributed by atoms with van der Waals surface area (Å²) in [5.74, 6) is -0.602. The number of nitro benzene ring substituents is 1. The van der Waals surface area contributed by atoms with Crippen molar-refractivity contribution in [3.8, 4) is 5.75 Å². The van der Waals surface area contributed by atoms with E-state index >= 15 is 0 Å². The Morgan fingerprint density at radius 3 is 1.73 bits per heavy atom. The van der Waals surface area contributed by atoms with Gasteiger partial charge in [-0.2, -0.15) is 27.1 Å². The fourth-order valence-electron chi connectivity index (χ4n) is 3.39. The molecule has 0 spiro atoms. The molecule has 0 saturated heterocycles. The number of rotatable bonds is 7. The molecule has 0 atom stereocenters. The fraction of sp³-hybridized carbons (Fsp3) is 0. The maximum atomic E-state index is 12.1. The molecular formula is C22H16N6Na2O9S2. The first-order valence-corrected chi connectivity index (χ1v) is 13.3. The molecule has 0 aliphatic heterocycles. The number of anilines is 1. The number of phenols is 1. The topological polar surface area (TPSA) is 248 Å². The van der Waals surface area contributed by atoms with E-state index in [0.29, 0.717) is 0 Å². The minimum absolute atomic E-state index is 0. The molecule has 0 unspecified atom stereocenters. The zero-order chi connectivity index (χ0) is 28.5. The number of nitrogens with two attached hydrogens (primary N) is 1. The van der Waals surface area contributed by atoms with Gasteiger partial charge in [-0.3, -0.25) is 19.2 Å². The Morgan fingerprint density at radius 2 is 1.24 bits per heavy atom. The summed E-state index contributed by atoms with van der Waals surface area (Å²) in [6.07, 6.45) is 0. The Labute approximate surface area is 276 Å². The Balaban J connectivity index is 0.00000294. The normalized spacial score (nSPS) is 11.9. The van der Waals surface area contributed by atoms with E-state index in [1.54, 1.807) is 0 Å². The maximum Gasteiger partial charge on any atom is 0.295 e. The molecule has 0 saturated carbocycles. The van der Waals surface area contributed by atoms with Gasteiger partial charge in [0.15, 0.2) is 5.75 Å². The van der Waals surface area contributed by atoms with Gasteiger partial charge in [0.1, 0.15) is 16.3 Å². The van der Waals surface area contributed by atoms with Gasteiger partial charge in [0.2, 0.25) is 0 Å². The van der Waals surface area contributed by atoms with E-state index in [1.807, 2.05) is 0 Å². The van der Waals surface area contributed by atoms with Crippen LogP contribution in [0.3, 0.4) is 0 Å². The number of non-ortho nitro benzene ring substituents is 1. The molecule has 202 valence electrons. The number of nitrogens with zero attached hydrogens (tertiary/aromatic N) is 5. The van der Waals surface area contributed by atoms with E-state index in [1.165, 1.54) is 48.5 Å². The third-order valence-electron chi connectivity index (χ3n) is 5.25. The van der Waals surface area contributed by atoms with E-state index in [4.69, 9.17) is 10.3 Å². The average Bonchev–Trinajstić information content (AvgIpc) is 2.87. The van der Waals surface area contributed by atoms with Crippen LogP contribution in [-0.4, -0.2) is 95.1 Å². The van der Waals surface area contributed by atoms with Gasteiger partial charge in [-0.15, -0.1) is 10.2 Å². The van der Waals surface area contributed by atoms with Crippen LogP contribution >= 0.6 is 0 Å². The van der Waals surface area contributed by atoms with Crippen molar-refractivity contribution in [2.45, 2.75) is 9.79 Å². The minimum Gasteiger partial charge on any atom is -0.505 e. The van der Waals surface area contributed by atoms with E-state index in [9.17, 15) is 36.6 Å². The Morgan fingerprint density at radius 1 is 0.732 bits per heavy atom. The van der Waals surface area contributed by atoms with Crippen LogP contribution in [0.15, 0.2) is 97.0 Å². The fourth-order valence-corrected chi connectivity index (χ4v) is 4.58. The average molecular weight is 619 g/mol. The maximum absolute atomic E-state index is 12.1. The van der Waals surface area contributed by atoms with E-state index in [-0.39, 0.29) is 109 Å². The van der Waals surface area contributed by atoms with E-state index in [0.717, 1.165) is 18.2 Å². The van der Waals surface area contributed by atoms with Gasteiger partial charge < -0.3 is 10.8 Å². The summed E-state index contributed by atoms with van der Waals surface area (Å²) in [6, 6.07) is 13.0. The Hall–Kier alpha value is -2.84. The molecule has 15 nitrogen and oxygen atoms in total. The van der Waals surface area contributed by atoms with Crippen LogP contribution in [0.25, 0.3) is 10.8 Å². The molecule has 5 N–H and O–H groups in total. The van der Waals surface area contributed by atoms with Gasteiger partial charge >= 0.3 is 0 Å². The number of fused-ring (bicyclic) bond motifs is 1. The number of nitrogen functional groups attached to an aromatic ring is 1. The van der Waals surface area contributed by atoms with Gasteiger partial charge in [-0.1, -0.05) is 6.07 Å². The molecule has 0 aromatic heterocycles. The molecule has 4 aromatic rings. The van der Waals surface area contributed by atoms with Gasteiger partial charge in [-0.05, 0) is 48.5 Å². The molecule has 19 heteroatoms. The Kier molecular flexibility index (Phi) is 11.3. The van der Waals surface area contributed by atoms with Crippen molar-refractivity contribution in [1.29, 1.82) is 0 Å². The second kappa shape index (κ2) is 13.4. The second-order valence-corrected chi connectivity index (χ2v) is 10.6. The number of phenolic OH excluding ortho intramolecular Hbond substituents is 1. The first kappa shape index (κ1) is 34.4. The molecule has 4 rings (SSSR count). The van der Waals surface area contributed by atoms with Crippen LogP contribution in [0.5, 0.6) is 5.75 Å². The first-order valence-electron chi connectivity index (χ1n) is 10.5. The molecule has 0 aliphatic rings. The van der Waals surface area contributed by atoms with Gasteiger partial charge in [0, 0.05) is 76.6 Å². The number of benzene rings is 4. The van der Waals surface area contributed by atoms with Gasteiger partial charge in [-0.25, -0.2) is 0 Å². The van der Waals surface area contributed by atoms with Gasteiger partial charge in [0.05, 0.1) is 32.3 Å². The van der Waals surface area contributed by atoms with Crippen LogP contribution in [0.2, 0.25) is 0 Å². The number of aromatic hydroxyl groups is 1. The number of hydrogen-bond donors (Lipinski definition) is 4. The largest absolute Gasteiger partial charge is 0.505 e. The van der Waals surface area contributed by atoms with Crippen LogP contribution in [-0.2, 0) is 20.2 Å². The quantitative estimate of drug-likeness (QED) is 0.0559. The van der Waals surface area contributed by atoms with Crippen molar-refractivity contribution in [1.82, 2.24) is 0 Å². The predicted molar refractivity (Wildman–Crippen MR) is 149 cm³/mol. The molecule has 0 fully saturated rings. The number of hydrogen-bond acceptors (Lipinski definition) is 12. The number of azo groups is 2. The van der Waals surface area contributed by atoms with E-state index < -0.39 is 35.8 Å². The molecular weight excluding hydrogens is 602 g/mol. The molecule has 0 amide bonds. The SMILES string of the molecule is Nc1c(N=Nc2ccc(S(=O)(=O)O)cc2)cc(S(=O)(=O)O)c2ccc(N=Nc3ccc([N+](=O)[O-])cc3)c(O)c12.[Na].[Na]. The summed E-state index contributed by atoms with van der Waals surface area (Å²) in [4.78, 5) is 9.18. The van der Waals surface area contributed by atoms with E-state index in [2.05, 4.69) is 20.5 Å². The first-order chi connectivity index (χ1) is 18.3. The van der Waals surface area contributed by atoms with Crippen LogP contribution < -0.4 is 5.73 Å². The van der Waals surface area contributed by atoms with Crippen molar-refractivity contribution in [2.24, 2.45) is 20.5 Å². The Bertz CT molecular complexity index is 1900. The summed E-state index contributed by atoms with van der Waals surface area (Å²) in [5, 5.41) is 36.8. The van der Waals surface area contributed by atoms with Crippen molar-refractivity contribution in [3.05, 3.63) is 76.8 Å². The summed E-state index contributed by atoms with van der Waals surface area (Å²) in [7, 11) is -9.28. The smallest absolute Gasteiger partial charge is 0.295 e. The van der Waals surface area contributed by atoms with Crippen LogP contribution in [0, 0.1) is 10.1 Å². The third kappa shape index (κ3) is 7.92. The molecule has 4 aromatic carbocycles. The van der Waals surface area contributed by atoms with Crippen molar-refractivity contribution in [3.63, 3.8) is 0 Å². The molecule has 0 heterocycles. The van der Waals surface area contributed by atoms with Crippen LogP contribution in [0.4, 0.5) is 34.1 Å². The second-order valence-electron chi connectivity index (χ2n) is 7.78. The molecule has 41 heavy (non-hydrogen) atoms. The minimum atomic E-state index is -4.84.